The Morgan fingerprint density at radius 3 is 2.28 bits per heavy atom. The molecule has 0 spiro atoms. The van der Waals surface area contributed by atoms with Gasteiger partial charge in [-0.05, 0) is 48.5 Å². The molecule has 0 atom stereocenters. The van der Waals surface area contributed by atoms with Crippen LogP contribution in [0.25, 0.3) is 11.5 Å². The van der Waals surface area contributed by atoms with Gasteiger partial charge in [-0.25, -0.2) is 9.18 Å². The maximum absolute atomic E-state index is 13.0. The van der Waals surface area contributed by atoms with Gasteiger partial charge in [0.15, 0.2) is 5.78 Å². The number of rotatable bonds is 5. The summed E-state index contributed by atoms with van der Waals surface area (Å²) in [6, 6.07) is 11.7. The van der Waals surface area contributed by atoms with Gasteiger partial charge < -0.3 is 9.73 Å². The highest BCUT2D eigenvalue weighted by Gasteiger charge is 2.21. The molecule has 8 heteroatoms. The average molecular weight is 397 g/mol. The lowest BCUT2D eigenvalue weighted by Crippen LogP contribution is -2.27. The van der Waals surface area contributed by atoms with Gasteiger partial charge in [0.1, 0.15) is 12.4 Å². The molecule has 1 amide bonds. The van der Waals surface area contributed by atoms with E-state index in [0.717, 1.165) is 4.68 Å². The summed E-state index contributed by atoms with van der Waals surface area (Å²) in [5.41, 5.74) is 0.814. The summed E-state index contributed by atoms with van der Waals surface area (Å²) in [6.07, 6.45) is 0. The minimum atomic E-state index is -0.785. The SMILES string of the molecule is CC(C)(C)C(=O)Nc1ccc(C(=O)Cn2nc(-c3ccc(F)cc3)oc2=O)cc1. The van der Waals surface area contributed by atoms with Gasteiger partial charge in [0.05, 0.1) is 0 Å². The molecule has 1 aromatic heterocycles. The van der Waals surface area contributed by atoms with Crippen molar-refractivity contribution in [3.05, 3.63) is 70.5 Å². The summed E-state index contributed by atoms with van der Waals surface area (Å²) >= 11 is 0. The summed E-state index contributed by atoms with van der Waals surface area (Å²) in [5.74, 6) is -1.69. The van der Waals surface area contributed by atoms with Crippen molar-refractivity contribution in [2.75, 3.05) is 5.32 Å². The highest BCUT2D eigenvalue weighted by molar-refractivity contribution is 5.97. The number of ketones is 1. The molecule has 0 radical (unpaired) electrons. The van der Waals surface area contributed by atoms with Crippen molar-refractivity contribution in [3.63, 3.8) is 0 Å². The Bertz CT molecular complexity index is 1090. The molecule has 29 heavy (non-hydrogen) atoms. The largest absolute Gasteiger partial charge is 0.437 e. The highest BCUT2D eigenvalue weighted by Crippen LogP contribution is 2.18. The van der Waals surface area contributed by atoms with E-state index < -0.39 is 17.0 Å². The molecular formula is C21H20FN3O4. The standard InChI is InChI=1S/C21H20FN3O4/c1-21(2,3)19(27)23-16-10-6-13(7-11-16)17(26)12-25-20(28)29-18(24-25)14-4-8-15(22)9-5-14/h4-11H,12H2,1-3H3,(H,23,27). The number of nitrogens with zero attached hydrogens (tertiary/aromatic N) is 2. The van der Waals surface area contributed by atoms with Crippen molar-refractivity contribution in [2.45, 2.75) is 27.3 Å². The van der Waals surface area contributed by atoms with Crippen LogP contribution in [0.2, 0.25) is 0 Å². The van der Waals surface area contributed by atoms with E-state index in [-0.39, 0.29) is 24.1 Å². The third kappa shape index (κ3) is 4.84. The topological polar surface area (TPSA) is 94.2 Å². The molecule has 0 saturated carbocycles. The highest BCUT2D eigenvalue weighted by atomic mass is 19.1. The lowest BCUT2D eigenvalue weighted by atomic mass is 9.95. The van der Waals surface area contributed by atoms with Crippen LogP contribution >= 0.6 is 0 Å². The summed E-state index contributed by atoms with van der Waals surface area (Å²) in [4.78, 5) is 36.5. The maximum atomic E-state index is 13.0. The predicted molar refractivity (Wildman–Crippen MR) is 105 cm³/mol. The zero-order valence-electron chi connectivity index (χ0n) is 16.2. The monoisotopic (exact) mass is 397 g/mol. The maximum Gasteiger partial charge on any atom is 0.437 e. The third-order valence-corrected chi connectivity index (χ3v) is 4.14. The summed E-state index contributed by atoms with van der Waals surface area (Å²) in [6.45, 7) is 5.10. The quantitative estimate of drug-likeness (QED) is 0.665. The van der Waals surface area contributed by atoms with Crippen molar-refractivity contribution < 1.29 is 18.4 Å². The number of carbonyl (C=O) groups excluding carboxylic acids is 2. The van der Waals surface area contributed by atoms with Gasteiger partial charge in [-0.3, -0.25) is 9.59 Å². The second-order valence-electron chi connectivity index (χ2n) is 7.54. The van der Waals surface area contributed by atoms with Gasteiger partial charge in [-0.2, -0.15) is 4.68 Å². The Morgan fingerprint density at radius 2 is 1.69 bits per heavy atom. The smallest absolute Gasteiger partial charge is 0.388 e. The number of hydrogen-bond acceptors (Lipinski definition) is 5. The number of benzene rings is 2. The van der Waals surface area contributed by atoms with E-state index in [2.05, 4.69) is 10.4 Å². The molecule has 0 bridgehead atoms. The van der Waals surface area contributed by atoms with Crippen LogP contribution in [0, 0.1) is 11.2 Å². The van der Waals surface area contributed by atoms with E-state index in [1.54, 1.807) is 45.0 Å². The second kappa shape index (κ2) is 7.83. The molecule has 0 unspecified atom stereocenters. The number of Topliss-reactive ketones (excluding diaryl/α,β-unsaturated/α-hetero) is 1. The molecule has 0 saturated heterocycles. The van der Waals surface area contributed by atoms with E-state index in [9.17, 15) is 18.8 Å². The Morgan fingerprint density at radius 1 is 1.07 bits per heavy atom. The van der Waals surface area contributed by atoms with Crippen LogP contribution in [0.4, 0.5) is 10.1 Å². The Balaban J connectivity index is 1.71. The van der Waals surface area contributed by atoms with Crippen LogP contribution < -0.4 is 11.1 Å². The predicted octanol–water partition coefficient (Wildman–Crippen LogP) is 3.51. The Kier molecular flexibility index (Phi) is 5.45. The minimum absolute atomic E-state index is 0.00282. The van der Waals surface area contributed by atoms with Crippen LogP contribution in [0.15, 0.2) is 57.7 Å². The molecular weight excluding hydrogens is 377 g/mol. The van der Waals surface area contributed by atoms with E-state index in [4.69, 9.17) is 4.42 Å². The van der Waals surface area contributed by atoms with Crippen molar-refractivity contribution in [1.82, 2.24) is 9.78 Å². The molecule has 0 aliphatic rings. The first-order valence-corrected chi connectivity index (χ1v) is 8.92. The molecule has 2 aromatic carbocycles. The normalized spacial score (nSPS) is 11.3. The van der Waals surface area contributed by atoms with Crippen LogP contribution in [0.5, 0.6) is 0 Å². The van der Waals surface area contributed by atoms with Gasteiger partial charge in [0, 0.05) is 22.2 Å². The Labute approximate surface area is 166 Å². The summed E-state index contributed by atoms with van der Waals surface area (Å²) in [7, 11) is 0. The fourth-order valence-electron chi connectivity index (χ4n) is 2.40. The van der Waals surface area contributed by atoms with Crippen molar-refractivity contribution >= 4 is 17.4 Å². The summed E-state index contributed by atoms with van der Waals surface area (Å²) in [5, 5.41) is 6.77. The molecule has 3 rings (SSSR count). The molecule has 1 heterocycles. The average Bonchev–Trinajstić information content (AvgIpc) is 3.02. The van der Waals surface area contributed by atoms with Crippen LogP contribution in [0.1, 0.15) is 31.1 Å². The number of nitrogens with one attached hydrogen (secondary N) is 1. The fraction of sp³-hybridized carbons (Fsp3) is 0.238. The number of amides is 1. The zero-order valence-corrected chi connectivity index (χ0v) is 16.2. The van der Waals surface area contributed by atoms with Gasteiger partial charge >= 0.3 is 5.76 Å². The van der Waals surface area contributed by atoms with Crippen molar-refractivity contribution in [1.29, 1.82) is 0 Å². The molecule has 3 aromatic rings. The van der Waals surface area contributed by atoms with E-state index >= 15 is 0 Å². The minimum Gasteiger partial charge on any atom is -0.388 e. The molecule has 7 nitrogen and oxygen atoms in total. The summed E-state index contributed by atoms with van der Waals surface area (Å²) < 4.78 is 19.0. The number of aromatic nitrogens is 2. The lowest BCUT2D eigenvalue weighted by molar-refractivity contribution is -0.123. The van der Waals surface area contributed by atoms with E-state index in [0.29, 0.717) is 16.8 Å². The molecule has 1 N–H and O–H groups in total. The first-order valence-electron chi connectivity index (χ1n) is 8.92. The lowest BCUT2D eigenvalue weighted by Gasteiger charge is -2.17. The number of halogens is 1. The van der Waals surface area contributed by atoms with Crippen molar-refractivity contribution in [3.8, 4) is 11.5 Å². The first-order chi connectivity index (χ1) is 13.6. The first kappa shape index (κ1) is 20.2. The van der Waals surface area contributed by atoms with E-state index in [1.165, 1.54) is 24.3 Å². The molecule has 0 aliphatic carbocycles. The van der Waals surface area contributed by atoms with Gasteiger partial charge in [-0.1, -0.05) is 20.8 Å². The number of carbonyl (C=O) groups is 2. The number of hydrogen-bond donors (Lipinski definition) is 1. The second-order valence-corrected chi connectivity index (χ2v) is 7.54. The van der Waals surface area contributed by atoms with Crippen LogP contribution in [-0.4, -0.2) is 21.5 Å². The van der Waals surface area contributed by atoms with E-state index in [1.807, 2.05) is 0 Å². The zero-order chi connectivity index (χ0) is 21.2. The van der Waals surface area contributed by atoms with Gasteiger partial charge in [-0.15, -0.1) is 5.10 Å². The third-order valence-electron chi connectivity index (χ3n) is 4.14. The van der Waals surface area contributed by atoms with Gasteiger partial charge in [0.25, 0.3) is 0 Å². The van der Waals surface area contributed by atoms with Gasteiger partial charge in [0.2, 0.25) is 11.8 Å². The Hall–Kier alpha value is -3.55. The van der Waals surface area contributed by atoms with Crippen LogP contribution in [0.3, 0.4) is 0 Å². The number of anilines is 1. The van der Waals surface area contributed by atoms with Crippen LogP contribution in [-0.2, 0) is 11.3 Å². The molecule has 0 aliphatic heterocycles. The molecule has 150 valence electrons. The fourth-order valence-corrected chi connectivity index (χ4v) is 2.40. The van der Waals surface area contributed by atoms with Crippen molar-refractivity contribution in [2.24, 2.45) is 5.41 Å². The molecule has 0 fully saturated rings.